The van der Waals surface area contributed by atoms with Crippen molar-refractivity contribution in [1.82, 2.24) is 15.1 Å². The number of aromatic nitrogens is 2. The minimum Gasteiger partial charge on any atom is -0.396 e. The standard InChI is InChI=1S/C17H27N3O2/c21-11-9-14-8-4-5-10-20(14)17(22)16-12-15(18-19-16)13-6-2-1-3-7-13/h12-14,21H,1-11H2,(H,18,19). The van der Waals surface area contributed by atoms with Gasteiger partial charge in [-0.3, -0.25) is 9.89 Å². The summed E-state index contributed by atoms with van der Waals surface area (Å²) in [5.41, 5.74) is 1.67. The van der Waals surface area contributed by atoms with Gasteiger partial charge in [-0.05, 0) is 44.6 Å². The van der Waals surface area contributed by atoms with E-state index < -0.39 is 0 Å². The molecule has 2 N–H and O–H groups in total. The molecule has 122 valence electrons. The Morgan fingerprint density at radius 2 is 2.00 bits per heavy atom. The molecule has 1 aromatic heterocycles. The Hall–Kier alpha value is -1.36. The number of nitrogens with zero attached hydrogens (tertiary/aromatic N) is 2. The van der Waals surface area contributed by atoms with Crippen LogP contribution in [0.15, 0.2) is 6.07 Å². The Morgan fingerprint density at radius 3 is 2.77 bits per heavy atom. The molecule has 1 amide bonds. The molecule has 2 heterocycles. The molecular formula is C17H27N3O2. The van der Waals surface area contributed by atoms with Gasteiger partial charge in [0.05, 0.1) is 0 Å². The van der Waals surface area contributed by atoms with E-state index in [0.717, 1.165) is 31.5 Å². The third kappa shape index (κ3) is 3.35. The topological polar surface area (TPSA) is 69.2 Å². The van der Waals surface area contributed by atoms with Crippen LogP contribution in [0.1, 0.15) is 79.9 Å². The predicted octanol–water partition coefficient (Wildman–Crippen LogP) is 2.83. The van der Waals surface area contributed by atoms with Gasteiger partial charge in [-0.1, -0.05) is 19.3 Å². The Bertz CT molecular complexity index is 492. The number of hydrogen-bond donors (Lipinski definition) is 2. The van der Waals surface area contributed by atoms with E-state index in [1.807, 2.05) is 11.0 Å². The maximum Gasteiger partial charge on any atom is 0.274 e. The lowest BCUT2D eigenvalue weighted by molar-refractivity contribution is 0.0568. The fourth-order valence-corrected chi connectivity index (χ4v) is 3.93. The average molecular weight is 305 g/mol. The maximum absolute atomic E-state index is 12.7. The highest BCUT2D eigenvalue weighted by Gasteiger charge is 2.29. The number of amides is 1. The lowest BCUT2D eigenvalue weighted by atomic mass is 9.87. The molecule has 0 aromatic carbocycles. The number of aromatic amines is 1. The van der Waals surface area contributed by atoms with Gasteiger partial charge in [0.25, 0.3) is 5.91 Å². The van der Waals surface area contributed by atoms with E-state index in [4.69, 9.17) is 0 Å². The first-order chi connectivity index (χ1) is 10.8. The first kappa shape index (κ1) is 15.5. The van der Waals surface area contributed by atoms with Crippen molar-refractivity contribution >= 4 is 5.91 Å². The van der Waals surface area contributed by atoms with E-state index >= 15 is 0 Å². The zero-order valence-corrected chi connectivity index (χ0v) is 13.3. The molecule has 1 atom stereocenters. The van der Waals surface area contributed by atoms with Crippen LogP contribution in [-0.2, 0) is 0 Å². The highest BCUT2D eigenvalue weighted by molar-refractivity contribution is 5.92. The van der Waals surface area contributed by atoms with Gasteiger partial charge in [0, 0.05) is 30.8 Å². The number of carbonyl (C=O) groups is 1. The maximum atomic E-state index is 12.7. The van der Waals surface area contributed by atoms with Crippen molar-refractivity contribution < 1.29 is 9.90 Å². The quantitative estimate of drug-likeness (QED) is 0.898. The molecule has 0 bridgehead atoms. The second kappa shape index (κ2) is 7.27. The van der Waals surface area contributed by atoms with Gasteiger partial charge in [-0.25, -0.2) is 0 Å². The molecular weight excluding hydrogens is 278 g/mol. The Morgan fingerprint density at radius 1 is 1.23 bits per heavy atom. The summed E-state index contributed by atoms with van der Waals surface area (Å²) in [5, 5.41) is 16.6. The molecule has 1 aliphatic carbocycles. The molecule has 5 heteroatoms. The van der Waals surface area contributed by atoms with Crippen LogP contribution in [0.2, 0.25) is 0 Å². The smallest absolute Gasteiger partial charge is 0.274 e. The van der Waals surface area contributed by atoms with Crippen LogP contribution in [0.25, 0.3) is 0 Å². The second-order valence-corrected chi connectivity index (χ2v) is 6.70. The zero-order valence-electron chi connectivity index (χ0n) is 13.3. The molecule has 0 spiro atoms. The molecule has 22 heavy (non-hydrogen) atoms. The van der Waals surface area contributed by atoms with Gasteiger partial charge < -0.3 is 10.0 Å². The first-order valence-corrected chi connectivity index (χ1v) is 8.76. The molecule has 5 nitrogen and oxygen atoms in total. The highest BCUT2D eigenvalue weighted by Crippen LogP contribution is 2.32. The monoisotopic (exact) mass is 305 g/mol. The van der Waals surface area contributed by atoms with Crippen LogP contribution in [0.4, 0.5) is 0 Å². The van der Waals surface area contributed by atoms with E-state index in [9.17, 15) is 9.90 Å². The van der Waals surface area contributed by atoms with Crippen molar-refractivity contribution in [1.29, 1.82) is 0 Å². The van der Waals surface area contributed by atoms with E-state index in [1.165, 1.54) is 32.1 Å². The van der Waals surface area contributed by atoms with Crippen molar-refractivity contribution in [2.45, 2.75) is 69.7 Å². The fraction of sp³-hybridized carbons (Fsp3) is 0.765. The number of likely N-dealkylation sites (tertiary alicyclic amines) is 1. The van der Waals surface area contributed by atoms with E-state index in [0.29, 0.717) is 18.0 Å². The van der Waals surface area contributed by atoms with Crippen LogP contribution in [0.5, 0.6) is 0 Å². The molecule has 2 fully saturated rings. The first-order valence-electron chi connectivity index (χ1n) is 8.76. The van der Waals surface area contributed by atoms with Crippen LogP contribution >= 0.6 is 0 Å². The van der Waals surface area contributed by atoms with Crippen LogP contribution < -0.4 is 0 Å². The van der Waals surface area contributed by atoms with Gasteiger partial charge in [0.15, 0.2) is 0 Å². The second-order valence-electron chi connectivity index (χ2n) is 6.70. The average Bonchev–Trinajstić information content (AvgIpc) is 3.06. The largest absolute Gasteiger partial charge is 0.396 e. The van der Waals surface area contributed by atoms with Gasteiger partial charge in [0.2, 0.25) is 0 Å². The summed E-state index contributed by atoms with van der Waals surface area (Å²) in [6.07, 6.45) is 10.1. The zero-order chi connectivity index (χ0) is 15.4. The summed E-state index contributed by atoms with van der Waals surface area (Å²) in [7, 11) is 0. The van der Waals surface area contributed by atoms with Crippen molar-refractivity contribution in [3.05, 3.63) is 17.5 Å². The van der Waals surface area contributed by atoms with Gasteiger partial charge >= 0.3 is 0 Å². The Kier molecular flexibility index (Phi) is 5.13. The van der Waals surface area contributed by atoms with Crippen molar-refractivity contribution in [3.63, 3.8) is 0 Å². The summed E-state index contributed by atoms with van der Waals surface area (Å²) in [4.78, 5) is 14.7. The molecule has 0 radical (unpaired) electrons. The molecule has 1 aromatic rings. The van der Waals surface area contributed by atoms with Crippen LogP contribution in [0.3, 0.4) is 0 Å². The van der Waals surface area contributed by atoms with E-state index in [1.54, 1.807) is 0 Å². The fourth-order valence-electron chi connectivity index (χ4n) is 3.93. The van der Waals surface area contributed by atoms with E-state index in [-0.39, 0.29) is 18.6 Å². The SMILES string of the molecule is O=C(c1cc(C2CCCCC2)[nH]n1)N1CCCCC1CCO. The van der Waals surface area contributed by atoms with Crippen molar-refractivity contribution in [3.8, 4) is 0 Å². The number of carbonyl (C=O) groups excluding carboxylic acids is 1. The highest BCUT2D eigenvalue weighted by atomic mass is 16.3. The number of rotatable bonds is 4. The van der Waals surface area contributed by atoms with Crippen molar-refractivity contribution in [2.75, 3.05) is 13.2 Å². The summed E-state index contributed by atoms with van der Waals surface area (Å²) < 4.78 is 0. The molecule has 1 saturated carbocycles. The minimum absolute atomic E-state index is 0.0245. The van der Waals surface area contributed by atoms with Gasteiger partial charge in [-0.2, -0.15) is 5.10 Å². The summed E-state index contributed by atoms with van der Waals surface area (Å²) >= 11 is 0. The third-order valence-electron chi connectivity index (χ3n) is 5.21. The summed E-state index contributed by atoms with van der Waals surface area (Å²) in [6.45, 7) is 0.928. The summed E-state index contributed by atoms with van der Waals surface area (Å²) in [6, 6.07) is 2.13. The number of nitrogens with one attached hydrogen (secondary N) is 1. The number of hydrogen-bond acceptors (Lipinski definition) is 3. The molecule has 2 aliphatic rings. The molecule has 1 unspecified atom stereocenters. The lowest BCUT2D eigenvalue weighted by Gasteiger charge is -2.35. The van der Waals surface area contributed by atoms with Crippen LogP contribution in [0, 0.1) is 0 Å². The number of piperidine rings is 1. The normalized spacial score (nSPS) is 23.7. The minimum atomic E-state index is 0.0245. The molecule has 1 saturated heterocycles. The Balaban J connectivity index is 1.69. The molecule has 1 aliphatic heterocycles. The van der Waals surface area contributed by atoms with Crippen molar-refractivity contribution in [2.24, 2.45) is 0 Å². The predicted molar refractivity (Wildman–Crippen MR) is 84.8 cm³/mol. The number of aliphatic hydroxyl groups excluding tert-OH is 1. The lowest BCUT2D eigenvalue weighted by Crippen LogP contribution is -2.44. The number of H-pyrrole nitrogens is 1. The molecule has 3 rings (SSSR count). The summed E-state index contributed by atoms with van der Waals surface area (Å²) in [5.74, 6) is 0.564. The third-order valence-corrected chi connectivity index (χ3v) is 5.21. The van der Waals surface area contributed by atoms with Gasteiger partial charge in [-0.15, -0.1) is 0 Å². The number of aliphatic hydroxyl groups is 1. The van der Waals surface area contributed by atoms with Crippen LogP contribution in [-0.4, -0.2) is 45.3 Å². The van der Waals surface area contributed by atoms with Gasteiger partial charge in [0.1, 0.15) is 5.69 Å². The Labute approximate surface area is 132 Å². The van der Waals surface area contributed by atoms with E-state index in [2.05, 4.69) is 10.2 Å².